The average Bonchev–Trinajstić information content (AvgIpc) is 3.16. The number of rotatable bonds is 8. The molecule has 10 nitrogen and oxygen atoms in total. The second kappa shape index (κ2) is 9.85. The van der Waals surface area contributed by atoms with E-state index >= 15 is 0 Å². The number of nitrogens with zero attached hydrogens (tertiary/aromatic N) is 5. The van der Waals surface area contributed by atoms with Crippen LogP contribution in [-0.2, 0) is 11.8 Å². The molecule has 0 saturated carbocycles. The molecule has 0 bridgehead atoms. The number of nitro groups is 1. The van der Waals surface area contributed by atoms with Gasteiger partial charge in [0.2, 0.25) is 0 Å². The zero-order valence-electron chi connectivity index (χ0n) is 17.1. The van der Waals surface area contributed by atoms with Gasteiger partial charge < -0.3 is 9.30 Å². The lowest BCUT2D eigenvalue weighted by molar-refractivity contribution is -0.384. The first-order valence-electron chi connectivity index (χ1n) is 9.13. The van der Waals surface area contributed by atoms with Crippen molar-refractivity contribution in [3.8, 4) is 17.1 Å². The third-order valence-electron chi connectivity index (χ3n) is 4.34. The highest BCUT2D eigenvalue weighted by Gasteiger charge is 2.15. The van der Waals surface area contributed by atoms with Crippen LogP contribution in [0.1, 0.15) is 12.5 Å². The number of nitro benzene ring substituents is 1. The van der Waals surface area contributed by atoms with Gasteiger partial charge in [-0.15, -0.1) is 10.2 Å². The van der Waals surface area contributed by atoms with Gasteiger partial charge in [0, 0.05) is 24.7 Å². The van der Waals surface area contributed by atoms with Gasteiger partial charge >= 0.3 is 0 Å². The lowest BCUT2D eigenvalue weighted by Crippen LogP contribution is -2.21. The molecule has 0 radical (unpaired) electrons. The molecule has 0 spiro atoms. The first-order valence-corrected chi connectivity index (χ1v) is 10.1. The molecule has 1 aromatic heterocycles. The van der Waals surface area contributed by atoms with Crippen LogP contribution < -0.4 is 10.2 Å². The van der Waals surface area contributed by atoms with Crippen molar-refractivity contribution in [3.05, 3.63) is 64.2 Å². The highest BCUT2D eigenvalue weighted by Crippen LogP contribution is 2.25. The Morgan fingerprint density at radius 3 is 2.68 bits per heavy atom. The number of aromatic nitrogens is 3. The van der Waals surface area contributed by atoms with Gasteiger partial charge in [-0.25, -0.2) is 5.43 Å². The summed E-state index contributed by atoms with van der Waals surface area (Å²) in [5, 5.41) is 23.8. The number of methoxy groups -OCH3 is 1. The van der Waals surface area contributed by atoms with Crippen LogP contribution in [0.2, 0.25) is 0 Å². The largest absolute Gasteiger partial charge is 0.497 e. The standard InChI is InChI=1S/C20H20N6O4S/c1-13(14-7-9-17(30-3)10-8-14)21-22-18(27)12-31-20-24-23-19(25(20)2)15-5-4-6-16(11-15)26(28)29/h4-11H,12H2,1-3H3,(H,22,27). The summed E-state index contributed by atoms with van der Waals surface area (Å²) in [5.41, 5.74) is 4.59. The Labute approximate surface area is 182 Å². The Hall–Kier alpha value is -3.73. The second-order valence-corrected chi connectivity index (χ2v) is 7.36. The van der Waals surface area contributed by atoms with E-state index in [-0.39, 0.29) is 17.3 Å². The number of hydrogen-bond donors (Lipinski definition) is 1. The van der Waals surface area contributed by atoms with Crippen LogP contribution in [0.5, 0.6) is 5.75 Å². The molecule has 11 heteroatoms. The lowest BCUT2D eigenvalue weighted by Gasteiger charge is -2.05. The van der Waals surface area contributed by atoms with Gasteiger partial charge in [-0.05, 0) is 36.8 Å². The van der Waals surface area contributed by atoms with Gasteiger partial charge in [-0.3, -0.25) is 14.9 Å². The Morgan fingerprint density at radius 1 is 1.26 bits per heavy atom. The van der Waals surface area contributed by atoms with Crippen molar-refractivity contribution in [1.82, 2.24) is 20.2 Å². The molecule has 0 fully saturated rings. The van der Waals surface area contributed by atoms with Gasteiger partial charge in [-0.2, -0.15) is 5.10 Å². The number of carbonyl (C=O) groups is 1. The SMILES string of the molecule is COc1ccc(C(C)=NNC(=O)CSc2nnc(-c3cccc([N+](=O)[O-])c3)n2C)cc1. The van der Waals surface area contributed by atoms with Gasteiger partial charge in [0.1, 0.15) is 5.75 Å². The highest BCUT2D eigenvalue weighted by molar-refractivity contribution is 7.99. The number of carbonyl (C=O) groups excluding carboxylic acids is 1. The summed E-state index contributed by atoms with van der Waals surface area (Å²) in [6.45, 7) is 1.79. The Bertz CT molecular complexity index is 1130. The van der Waals surface area contributed by atoms with Crippen molar-refractivity contribution < 1.29 is 14.5 Å². The zero-order chi connectivity index (χ0) is 22.4. The minimum Gasteiger partial charge on any atom is -0.497 e. The number of hydrazone groups is 1. The number of hydrogen-bond acceptors (Lipinski definition) is 8. The molecule has 1 heterocycles. The number of non-ortho nitro benzene ring substituents is 1. The van der Waals surface area contributed by atoms with E-state index in [9.17, 15) is 14.9 Å². The number of benzene rings is 2. The first kappa shape index (κ1) is 22.0. The molecular formula is C20H20N6O4S. The summed E-state index contributed by atoms with van der Waals surface area (Å²) in [5.74, 6) is 1.00. The fraction of sp³-hybridized carbons (Fsp3) is 0.200. The van der Waals surface area contributed by atoms with Crippen LogP contribution in [0.3, 0.4) is 0 Å². The third-order valence-corrected chi connectivity index (χ3v) is 5.36. The van der Waals surface area contributed by atoms with Gasteiger partial charge in [0.05, 0.1) is 23.5 Å². The first-order chi connectivity index (χ1) is 14.9. The molecule has 0 aliphatic rings. The van der Waals surface area contributed by atoms with Crippen molar-refractivity contribution in [2.45, 2.75) is 12.1 Å². The molecule has 2 aromatic carbocycles. The molecule has 31 heavy (non-hydrogen) atoms. The van der Waals surface area contributed by atoms with Gasteiger partial charge in [0.25, 0.3) is 11.6 Å². The number of nitrogens with one attached hydrogen (secondary N) is 1. The molecule has 3 aromatic rings. The van der Waals surface area contributed by atoms with Crippen LogP contribution >= 0.6 is 11.8 Å². The third kappa shape index (κ3) is 5.45. The molecule has 0 saturated heterocycles. The topological polar surface area (TPSA) is 125 Å². The molecule has 1 N–H and O–H groups in total. The number of ether oxygens (including phenoxy) is 1. The molecule has 1 amide bonds. The zero-order valence-corrected chi connectivity index (χ0v) is 17.9. The quantitative estimate of drug-likeness (QED) is 0.247. The molecule has 0 atom stereocenters. The van der Waals surface area contributed by atoms with Crippen molar-refractivity contribution in [1.29, 1.82) is 0 Å². The van der Waals surface area contributed by atoms with E-state index in [0.717, 1.165) is 11.3 Å². The normalized spacial score (nSPS) is 11.3. The predicted molar refractivity (Wildman–Crippen MR) is 117 cm³/mol. The molecule has 0 unspecified atom stereocenters. The summed E-state index contributed by atoms with van der Waals surface area (Å²) >= 11 is 1.19. The number of thioether (sulfide) groups is 1. The van der Waals surface area contributed by atoms with Gasteiger partial charge in [0.15, 0.2) is 11.0 Å². The van der Waals surface area contributed by atoms with E-state index < -0.39 is 4.92 Å². The van der Waals surface area contributed by atoms with E-state index in [1.54, 1.807) is 37.8 Å². The Morgan fingerprint density at radius 2 is 2.00 bits per heavy atom. The van der Waals surface area contributed by atoms with E-state index in [1.807, 2.05) is 24.3 Å². The van der Waals surface area contributed by atoms with E-state index in [0.29, 0.717) is 22.3 Å². The molecule has 0 aliphatic carbocycles. The Kier molecular flexibility index (Phi) is 6.98. The van der Waals surface area contributed by atoms with Gasteiger partial charge in [-0.1, -0.05) is 23.9 Å². The monoisotopic (exact) mass is 440 g/mol. The summed E-state index contributed by atoms with van der Waals surface area (Å²) < 4.78 is 6.81. The molecule has 0 aliphatic heterocycles. The van der Waals surface area contributed by atoms with Crippen molar-refractivity contribution in [2.75, 3.05) is 12.9 Å². The van der Waals surface area contributed by atoms with Crippen LogP contribution in [0.25, 0.3) is 11.4 Å². The Balaban J connectivity index is 1.60. The highest BCUT2D eigenvalue weighted by atomic mass is 32.2. The molecule has 3 rings (SSSR count). The minimum atomic E-state index is -0.464. The smallest absolute Gasteiger partial charge is 0.270 e. The average molecular weight is 440 g/mol. The van der Waals surface area contributed by atoms with Crippen LogP contribution in [0, 0.1) is 10.1 Å². The van der Waals surface area contributed by atoms with Crippen molar-refractivity contribution in [2.24, 2.45) is 12.1 Å². The van der Waals surface area contributed by atoms with Crippen LogP contribution in [0.4, 0.5) is 5.69 Å². The maximum absolute atomic E-state index is 12.2. The van der Waals surface area contributed by atoms with Crippen LogP contribution in [-0.4, -0.2) is 44.2 Å². The minimum absolute atomic E-state index is 0.0285. The van der Waals surface area contributed by atoms with Crippen molar-refractivity contribution >= 4 is 29.1 Å². The van der Waals surface area contributed by atoms with E-state index in [1.165, 1.54) is 23.9 Å². The lowest BCUT2D eigenvalue weighted by atomic mass is 10.1. The van der Waals surface area contributed by atoms with Crippen LogP contribution in [0.15, 0.2) is 58.8 Å². The molecule has 160 valence electrons. The maximum atomic E-state index is 12.2. The van der Waals surface area contributed by atoms with E-state index in [4.69, 9.17) is 4.74 Å². The summed E-state index contributed by atoms with van der Waals surface area (Å²) in [4.78, 5) is 22.7. The molecular weight excluding hydrogens is 420 g/mol. The van der Waals surface area contributed by atoms with E-state index in [2.05, 4.69) is 20.7 Å². The van der Waals surface area contributed by atoms with Crippen molar-refractivity contribution in [3.63, 3.8) is 0 Å². The summed E-state index contributed by atoms with van der Waals surface area (Å²) in [6, 6.07) is 13.5. The maximum Gasteiger partial charge on any atom is 0.270 e. The summed E-state index contributed by atoms with van der Waals surface area (Å²) in [6.07, 6.45) is 0. The summed E-state index contributed by atoms with van der Waals surface area (Å²) in [7, 11) is 3.33. The fourth-order valence-corrected chi connectivity index (χ4v) is 3.36. The fourth-order valence-electron chi connectivity index (χ4n) is 2.66. The predicted octanol–water partition coefficient (Wildman–Crippen LogP) is 3.03. The number of amides is 1. The second-order valence-electron chi connectivity index (χ2n) is 6.42.